The van der Waals surface area contributed by atoms with Gasteiger partial charge in [0.2, 0.25) is 11.7 Å². The fourth-order valence-corrected chi connectivity index (χ4v) is 3.12. The summed E-state index contributed by atoms with van der Waals surface area (Å²) in [6.07, 6.45) is 0. The van der Waals surface area contributed by atoms with Crippen LogP contribution in [0, 0.1) is 29.1 Å². The Labute approximate surface area is 158 Å². The Kier molecular flexibility index (Phi) is 5.36. The lowest BCUT2D eigenvalue weighted by Gasteiger charge is -2.11. The van der Waals surface area contributed by atoms with Crippen LogP contribution in [0.25, 0.3) is 10.9 Å². The summed E-state index contributed by atoms with van der Waals surface area (Å²) in [5, 5.41) is 2.15. The van der Waals surface area contributed by atoms with E-state index in [9.17, 15) is 31.5 Å². The number of hydrogen-bond acceptors (Lipinski definition) is 4. The van der Waals surface area contributed by atoms with Crippen molar-refractivity contribution in [3.8, 4) is 0 Å². The molecule has 0 spiro atoms. The van der Waals surface area contributed by atoms with E-state index in [0.29, 0.717) is 10.9 Å². The minimum absolute atomic E-state index is 0.135. The number of carbonyl (C=O) groups excluding carboxylic acids is 1. The maximum absolute atomic E-state index is 13.6. The second-order valence-electron chi connectivity index (χ2n) is 5.56. The summed E-state index contributed by atoms with van der Waals surface area (Å²) in [4.78, 5) is 28.4. The molecule has 2 aromatic carbocycles. The van der Waals surface area contributed by atoms with E-state index in [0.717, 1.165) is 11.8 Å². The molecule has 0 aliphatic heterocycles. The number of fused-ring (bicyclic) bond motifs is 1. The summed E-state index contributed by atoms with van der Waals surface area (Å²) < 4.78 is 67.8. The van der Waals surface area contributed by atoms with Crippen LogP contribution in [0.4, 0.5) is 27.6 Å². The number of nitrogens with zero attached hydrogens (tertiary/aromatic N) is 2. The highest BCUT2D eigenvalue weighted by Gasteiger charge is 2.26. The summed E-state index contributed by atoms with van der Waals surface area (Å²) in [7, 11) is 1.42. The molecule has 0 atom stereocenters. The normalized spacial score (nSPS) is 11.1. The van der Waals surface area contributed by atoms with E-state index in [2.05, 4.69) is 4.98 Å². The number of para-hydroxylation sites is 1. The largest absolute Gasteiger partial charge is 0.320 e. The zero-order valence-corrected chi connectivity index (χ0v) is 14.8. The first-order valence-corrected chi connectivity index (χ1v) is 8.60. The molecule has 0 unspecified atom stereocenters. The summed E-state index contributed by atoms with van der Waals surface area (Å²) >= 11 is 0.760. The van der Waals surface area contributed by atoms with E-state index < -0.39 is 46.4 Å². The molecule has 0 aliphatic rings. The van der Waals surface area contributed by atoms with Crippen LogP contribution in [0.3, 0.4) is 0 Å². The van der Waals surface area contributed by atoms with Crippen molar-refractivity contribution >= 4 is 34.3 Å². The van der Waals surface area contributed by atoms with Gasteiger partial charge in [0.25, 0.3) is 5.56 Å². The lowest BCUT2D eigenvalue weighted by molar-refractivity contribution is -0.113. The molecule has 0 saturated heterocycles. The predicted molar refractivity (Wildman–Crippen MR) is 92.6 cm³/mol. The van der Waals surface area contributed by atoms with E-state index in [1.807, 2.05) is 0 Å². The van der Waals surface area contributed by atoms with Crippen molar-refractivity contribution in [3.63, 3.8) is 0 Å². The molecule has 1 aromatic heterocycles. The molecule has 1 heterocycles. The Morgan fingerprint density at radius 1 is 1.04 bits per heavy atom. The third-order valence-electron chi connectivity index (χ3n) is 3.75. The monoisotopic (exact) mass is 415 g/mol. The van der Waals surface area contributed by atoms with Gasteiger partial charge in [0.05, 0.1) is 16.7 Å². The number of aromatic nitrogens is 2. The lowest BCUT2D eigenvalue weighted by atomic mass is 10.2. The van der Waals surface area contributed by atoms with Gasteiger partial charge in [-0.15, -0.1) is 0 Å². The molecule has 1 amide bonds. The molecule has 11 heteroatoms. The molecule has 0 radical (unpaired) electrons. The van der Waals surface area contributed by atoms with Gasteiger partial charge < -0.3 is 5.32 Å². The van der Waals surface area contributed by atoms with Gasteiger partial charge in [-0.2, -0.15) is 0 Å². The molecule has 146 valence electrons. The van der Waals surface area contributed by atoms with E-state index in [4.69, 9.17) is 0 Å². The highest BCUT2D eigenvalue weighted by Crippen LogP contribution is 2.27. The Hall–Kier alpha value is -2.95. The standard InChI is InChI=1S/C17H10F5N3O2S/c1-25-16(27)7-4-2-3-5-8(7)23-17(25)28-6-9(26)24-15-13(21)11(19)10(18)12(20)14(15)22/h2-5H,6H2,1H3,(H,24,26). The van der Waals surface area contributed by atoms with Crippen molar-refractivity contribution in [1.29, 1.82) is 0 Å². The van der Waals surface area contributed by atoms with Gasteiger partial charge in [-0.25, -0.2) is 26.9 Å². The van der Waals surface area contributed by atoms with Crippen molar-refractivity contribution < 1.29 is 26.7 Å². The lowest BCUT2D eigenvalue weighted by Crippen LogP contribution is -2.22. The molecular weight excluding hydrogens is 405 g/mol. The summed E-state index contributed by atoms with van der Waals surface area (Å²) in [6, 6.07) is 6.50. The zero-order valence-electron chi connectivity index (χ0n) is 14.0. The van der Waals surface area contributed by atoms with Crippen LogP contribution in [0.5, 0.6) is 0 Å². The fourth-order valence-electron chi connectivity index (χ4n) is 2.35. The number of rotatable bonds is 4. The Morgan fingerprint density at radius 3 is 2.25 bits per heavy atom. The van der Waals surface area contributed by atoms with Crippen LogP contribution in [0.1, 0.15) is 0 Å². The van der Waals surface area contributed by atoms with E-state index in [-0.39, 0.29) is 10.7 Å². The van der Waals surface area contributed by atoms with Crippen molar-refractivity contribution in [3.05, 3.63) is 63.7 Å². The van der Waals surface area contributed by atoms with Gasteiger partial charge in [-0.05, 0) is 12.1 Å². The molecule has 0 saturated carbocycles. The van der Waals surface area contributed by atoms with E-state index in [1.165, 1.54) is 11.6 Å². The number of halogens is 5. The molecule has 3 rings (SSSR count). The first-order valence-electron chi connectivity index (χ1n) is 7.62. The Bertz CT molecular complexity index is 1140. The third kappa shape index (κ3) is 3.44. The highest BCUT2D eigenvalue weighted by molar-refractivity contribution is 7.99. The summed E-state index contributed by atoms with van der Waals surface area (Å²) in [5.41, 5.74) is -1.43. The third-order valence-corrected chi connectivity index (χ3v) is 4.78. The van der Waals surface area contributed by atoms with Crippen molar-refractivity contribution in [2.45, 2.75) is 5.16 Å². The fraction of sp³-hybridized carbons (Fsp3) is 0.118. The average Bonchev–Trinajstić information content (AvgIpc) is 2.70. The molecule has 1 N–H and O–H groups in total. The smallest absolute Gasteiger partial charge is 0.261 e. The minimum Gasteiger partial charge on any atom is -0.320 e. The number of benzene rings is 2. The van der Waals surface area contributed by atoms with Gasteiger partial charge in [0.15, 0.2) is 28.4 Å². The highest BCUT2D eigenvalue weighted by atomic mass is 32.2. The number of carbonyl (C=O) groups is 1. The maximum atomic E-state index is 13.6. The van der Waals surface area contributed by atoms with E-state index in [1.54, 1.807) is 29.6 Å². The first kappa shape index (κ1) is 19.8. The van der Waals surface area contributed by atoms with Crippen molar-refractivity contribution in [2.24, 2.45) is 7.05 Å². The van der Waals surface area contributed by atoms with Crippen LogP contribution < -0.4 is 10.9 Å². The van der Waals surface area contributed by atoms with Gasteiger partial charge in [0, 0.05) is 7.05 Å². The van der Waals surface area contributed by atoms with Crippen LogP contribution in [-0.4, -0.2) is 21.2 Å². The first-order chi connectivity index (χ1) is 13.2. The van der Waals surface area contributed by atoms with Crippen LogP contribution in [-0.2, 0) is 11.8 Å². The SMILES string of the molecule is Cn1c(SCC(=O)Nc2c(F)c(F)c(F)c(F)c2F)nc2ccccc2c1=O. The Morgan fingerprint density at radius 2 is 1.61 bits per heavy atom. The summed E-state index contributed by atoms with van der Waals surface area (Å²) in [6.45, 7) is 0. The molecule has 0 bridgehead atoms. The van der Waals surface area contributed by atoms with Gasteiger partial charge >= 0.3 is 0 Å². The number of anilines is 1. The van der Waals surface area contributed by atoms with Crippen molar-refractivity contribution in [1.82, 2.24) is 9.55 Å². The second kappa shape index (κ2) is 7.58. The number of amides is 1. The van der Waals surface area contributed by atoms with Crippen LogP contribution in [0.15, 0.2) is 34.2 Å². The number of nitrogens with one attached hydrogen (secondary N) is 1. The molecule has 28 heavy (non-hydrogen) atoms. The minimum atomic E-state index is -2.32. The van der Waals surface area contributed by atoms with Gasteiger partial charge in [0.1, 0.15) is 5.69 Å². The molecular formula is C17H10F5N3O2S. The topological polar surface area (TPSA) is 64.0 Å². The maximum Gasteiger partial charge on any atom is 0.261 e. The molecule has 0 aliphatic carbocycles. The molecule has 3 aromatic rings. The van der Waals surface area contributed by atoms with E-state index >= 15 is 0 Å². The molecule has 5 nitrogen and oxygen atoms in total. The predicted octanol–water partition coefficient (Wildman–Crippen LogP) is 3.36. The second-order valence-corrected chi connectivity index (χ2v) is 6.50. The van der Waals surface area contributed by atoms with Crippen molar-refractivity contribution in [2.75, 3.05) is 11.1 Å². The number of hydrogen-bond donors (Lipinski definition) is 1. The van der Waals surface area contributed by atoms with Crippen LogP contribution >= 0.6 is 11.8 Å². The quantitative estimate of drug-likeness (QED) is 0.233. The Balaban J connectivity index is 1.82. The summed E-state index contributed by atoms with van der Waals surface area (Å²) in [5.74, 6) is -12.5. The zero-order chi connectivity index (χ0) is 20.6. The average molecular weight is 415 g/mol. The number of thioether (sulfide) groups is 1. The van der Waals surface area contributed by atoms with Gasteiger partial charge in [-0.3, -0.25) is 14.2 Å². The van der Waals surface area contributed by atoms with Gasteiger partial charge in [-0.1, -0.05) is 23.9 Å². The van der Waals surface area contributed by atoms with Crippen LogP contribution in [0.2, 0.25) is 0 Å². The molecule has 0 fully saturated rings.